The van der Waals surface area contributed by atoms with Crippen molar-refractivity contribution in [2.75, 3.05) is 6.61 Å². The topological polar surface area (TPSA) is 47.6 Å². The number of carbonyl (C=O) groups is 1. The molecule has 1 unspecified atom stereocenters. The summed E-state index contributed by atoms with van der Waals surface area (Å²) in [5.41, 5.74) is 0.607. The van der Waals surface area contributed by atoms with Crippen LogP contribution >= 0.6 is 0 Å². The summed E-state index contributed by atoms with van der Waals surface area (Å²) < 4.78 is 10.8. The van der Waals surface area contributed by atoms with E-state index < -0.39 is 0 Å². The van der Waals surface area contributed by atoms with Crippen LogP contribution in [0.1, 0.15) is 30.6 Å². The summed E-state index contributed by atoms with van der Waals surface area (Å²) in [5.74, 6) is 1.28. The molecule has 1 aliphatic rings. The van der Waals surface area contributed by atoms with Gasteiger partial charge < -0.3 is 14.8 Å². The molecule has 4 heteroatoms. The first-order chi connectivity index (χ1) is 9.06. The molecule has 0 aromatic heterocycles. The van der Waals surface area contributed by atoms with Gasteiger partial charge in [0.2, 0.25) is 0 Å². The molecule has 0 spiro atoms. The Hall–Kier alpha value is -1.97. The van der Waals surface area contributed by atoms with E-state index in [4.69, 9.17) is 9.47 Å². The maximum Gasteiger partial charge on any atom is 0.251 e. The van der Waals surface area contributed by atoms with Crippen molar-refractivity contribution in [3.8, 4) is 5.75 Å². The lowest BCUT2D eigenvalue weighted by Crippen LogP contribution is -2.33. The van der Waals surface area contributed by atoms with Crippen LogP contribution in [0.3, 0.4) is 0 Å². The fourth-order valence-electron chi connectivity index (χ4n) is 1.92. The molecule has 4 nitrogen and oxygen atoms in total. The Morgan fingerprint density at radius 2 is 2.11 bits per heavy atom. The summed E-state index contributed by atoms with van der Waals surface area (Å²) in [5, 5.41) is 2.90. The van der Waals surface area contributed by atoms with E-state index >= 15 is 0 Å². The van der Waals surface area contributed by atoms with E-state index in [-0.39, 0.29) is 18.1 Å². The third-order valence-corrected chi connectivity index (χ3v) is 2.88. The predicted molar refractivity (Wildman–Crippen MR) is 73.2 cm³/mol. The highest BCUT2D eigenvalue weighted by Crippen LogP contribution is 2.17. The first kappa shape index (κ1) is 13.5. The standard InChI is InChI=1S/C15H19NO3/c1-10(2)19-13-6-4-12(5-7-13)15(17)16-14-8-9-18-11(14)3/h4-7,10,14H,3,8-9H2,1-2H3,(H,16,17). The van der Waals surface area contributed by atoms with E-state index in [0.717, 1.165) is 12.2 Å². The summed E-state index contributed by atoms with van der Waals surface area (Å²) >= 11 is 0. The minimum atomic E-state index is -0.118. The molecule has 102 valence electrons. The van der Waals surface area contributed by atoms with Crippen LogP contribution in [-0.2, 0) is 4.74 Å². The van der Waals surface area contributed by atoms with Gasteiger partial charge in [-0.05, 0) is 38.1 Å². The molecule has 0 aliphatic carbocycles. The smallest absolute Gasteiger partial charge is 0.251 e. The lowest BCUT2D eigenvalue weighted by molar-refractivity contribution is 0.0941. The zero-order chi connectivity index (χ0) is 13.8. The van der Waals surface area contributed by atoms with E-state index in [1.165, 1.54) is 0 Å². The molecule has 0 radical (unpaired) electrons. The molecule has 1 amide bonds. The van der Waals surface area contributed by atoms with Crippen molar-refractivity contribution in [1.29, 1.82) is 0 Å². The van der Waals surface area contributed by atoms with Gasteiger partial charge in [0.1, 0.15) is 11.5 Å². The van der Waals surface area contributed by atoms with Gasteiger partial charge in [0.05, 0.1) is 18.8 Å². The molecule has 19 heavy (non-hydrogen) atoms. The number of nitrogens with one attached hydrogen (secondary N) is 1. The molecule has 1 atom stereocenters. The van der Waals surface area contributed by atoms with Gasteiger partial charge in [-0.1, -0.05) is 6.58 Å². The molecule has 1 aliphatic heterocycles. The average Bonchev–Trinajstić information content (AvgIpc) is 2.75. The largest absolute Gasteiger partial charge is 0.496 e. The van der Waals surface area contributed by atoms with Crippen molar-refractivity contribution in [2.24, 2.45) is 0 Å². The van der Waals surface area contributed by atoms with Crippen molar-refractivity contribution in [2.45, 2.75) is 32.4 Å². The van der Waals surface area contributed by atoms with Gasteiger partial charge in [-0.2, -0.15) is 0 Å². The minimum Gasteiger partial charge on any atom is -0.496 e. The van der Waals surface area contributed by atoms with E-state index in [9.17, 15) is 4.79 Å². The number of hydrogen-bond acceptors (Lipinski definition) is 3. The second-order valence-corrected chi connectivity index (χ2v) is 4.82. The van der Waals surface area contributed by atoms with E-state index in [2.05, 4.69) is 11.9 Å². The van der Waals surface area contributed by atoms with Crippen molar-refractivity contribution < 1.29 is 14.3 Å². The van der Waals surface area contributed by atoms with Crippen LogP contribution in [0, 0.1) is 0 Å². The van der Waals surface area contributed by atoms with E-state index in [1.807, 2.05) is 13.8 Å². The highest BCUT2D eigenvalue weighted by atomic mass is 16.5. The second-order valence-electron chi connectivity index (χ2n) is 4.82. The number of benzene rings is 1. The Kier molecular flexibility index (Phi) is 4.10. The molecule has 1 N–H and O–H groups in total. The Labute approximate surface area is 113 Å². The fourth-order valence-corrected chi connectivity index (χ4v) is 1.92. The number of rotatable bonds is 4. The van der Waals surface area contributed by atoms with Crippen LogP contribution in [0.25, 0.3) is 0 Å². The van der Waals surface area contributed by atoms with Crippen molar-refractivity contribution in [3.63, 3.8) is 0 Å². The molecule has 1 aromatic rings. The van der Waals surface area contributed by atoms with Gasteiger partial charge in [-0.25, -0.2) is 0 Å². The third kappa shape index (κ3) is 3.50. The van der Waals surface area contributed by atoms with Crippen LogP contribution in [-0.4, -0.2) is 24.7 Å². The molecule has 0 saturated carbocycles. The summed E-state index contributed by atoms with van der Waals surface area (Å²) in [7, 11) is 0. The van der Waals surface area contributed by atoms with Gasteiger partial charge in [0, 0.05) is 12.0 Å². The van der Waals surface area contributed by atoms with Crippen molar-refractivity contribution in [3.05, 3.63) is 42.2 Å². The zero-order valence-electron chi connectivity index (χ0n) is 11.3. The third-order valence-electron chi connectivity index (χ3n) is 2.88. The summed E-state index contributed by atoms with van der Waals surface area (Å²) in [6.07, 6.45) is 0.901. The lowest BCUT2D eigenvalue weighted by atomic mass is 10.1. The maximum absolute atomic E-state index is 12.0. The summed E-state index contributed by atoms with van der Waals surface area (Å²) in [4.78, 5) is 12.0. The van der Waals surface area contributed by atoms with Gasteiger partial charge in [-0.15, -0.1) is 0 Å². The Bertz CT molecular complexity index is 465. The Balaban J connectivity index is 1.97. The number of amides is 1. The minimum absolute atomic E-state index is 0.0842. The normalized spacial score (nSPS) is 18.3. The molecule has 1 heterocycles. The van der Waals surface area contributed by atoms with Crippen LogP contribution in [0.15, 0.2) is 36.6 Å². The summed E-state index contributed by atoms with van der Waals surface area (Å²) in [6.45, 7) is 8.32. The van der Waals surface area contributed by atoms with Gasteiger partial charge in [0.25, 0.3) is 5.91 Å². The predicted octanol–water partition coefficient (Wildman–Crippen LogP) is 2.51. The van der Waals surface area contributed by atoms with Crippen LogP contribution in [0.4, 0.5) is 0 Å². The van der Waals surface area contributed by atoms with Crippen LogP contribution < -0.4 is 10.1 Å². The highest BCUT2D eigenvalue weighted by Gasteiger charge is 2.22. The fraction of sp³-hybridized carbons (Fsp3) is 0.400. The van der Waals surface area contributed by atoms with E-state index in [0.29, 0.717) is 17.9 Å². The Morgan fingerprint density at radius 3 is 2.63 bits per heavy atom. The molecule has 1 saturated heterocycles. The monoisotopic (exact) mass is 261 g/mol. The molecule has 0 bridgehead atoms. The van der Waals surface area contributed by atoms with Crippen molar-refractivity contribution >= 4 is 5.91 Å². The first-order valence-corrected chi connectivity index (χ1v) is 6.45. The Morgan fingerprint density at radius 1 is 1.42 bits per heavy atom. The lowest BCUT2D eigenvalue weighted by Gasteiger charge is -2.13. The highest BCUT2D eigenvalue weighted by molar-refractivity contribution is 5.94. The zero-order valence-corrected chi connectivity index (χ0v) is 11.3. The maximum atomic E-state index is 12.0. The van der Waals surface area contributed by atoms with Gasteiger partial charge in [0.15, 0.2) is 0 Å². The van der Waals surface area contributed by atoms with Crippen LogP contribution in [0.5, 0.6) is 5.75 Å². The van der Waals surface area contributed by atoms with Crippen LogP contribution in [0.2, 0.25) is 0 Å². The molecule has 2 rings (SSSR count). The molecular formula is C15H19NO3. The van der Waals surface area contributed by atoms with E-state index in [1.54, 1.807) is 24.3 Å². The SMILES string of the molecule is C=C1OCCC1NC(=O)c1ccc(OC(C)C)cc1. The molecule has 1 fully saturated rings. The second kappa shape index (κ2) is 5.78. The molecular weight excluding hydrogens is 242 g/mol. The number of ether oxygens (including phenoxy) is 2. The number of hydrogen-bond donors (Lipinski definition) is 1. The van der Waals surface area contributed by atoms with Gasteiger partial charge in [-0.3, -0.25) is 4.79 Å². The summed E-state index contributed by atoms with van der Waals surface area (Å²) in [6, 6.07) is 7.03. The quantitative estimate of drug-likeness (QED) is 0.906. The molecule has 1 aromatic carbocycles. The number of carbonyl (C=O) groups excluding carboxylic acids is 1. The average molecular weight is 261 g/mol. The first-order valence-electron chi connectivity index (χ1n) is 6.45. The van der Waals surface area contributed by atoms with Crippen molar-refractivity contribution in [1.82, 2.24) is 5.32 Å². The van der Waals surface area contributed by atoms with Gasteiger partial charge >= 0.3 is 0 Å².